The number of aryl methyl sites for hydroxylation is 1. The molecular formula is C18H20BrNO2S. The molecule has 23 heavy (non-hydrogen) atoms. The van der Waals surface area contributed by atoms with E-state index in [-0.39, 0.29) is 5.75 Å². The van der Waals surface area contributed by atoms with Gasteiger partial charge in [-0.25, -0.2) is 8.42 Å². The summed E-state index contributed by atoms with van der Waals surface area (Å²) < 4.78 is 25.8. The SMILES string of the molecule is CN(CCS(=O)(=O)c1ccc(Br)cc1)[C@@H]1CCc2ccccc21. The van der Waals surface area contributed by atoms with E-state index in [9.17, 15) is 8.42 Å². The van der Waals surface area contributed by atoms with Crippen molar-refractivity contribution in [2.24, 2.45) is 0 Å². The molecule has 0 aliphatic heterocycles. The van der Waals surface area contributed by atoms with Crippen LogP contribution >= 0.6 is 15.9 Å². The summed E-state index contributed by atoms with van der Waals surface area (Å²) in [4.78, 5) is 2.56. The van der Waals surface area contributed by atoms with E-state index in [0.29, 0.717) is 17.5 Å². The summed E-state index contributed by atoms with van der Waals surface area (Å²) >= 11 is 3.33. The van der Waals surface area contributed by atoms with Crippen molar-refractivity contribution in [2.75, 3.05) is 19.3 Å². The van der Waals surface area contributed by atoms with Crippen LogP contribution in [0.3, 0.4) is 0 Å². The lowest BCUT2D eigenvalue weighted by molar-refractivity contribution is 0.258. The second-order valence-electron chi connectivity index (χ2n) is 6.01. The van der Waals surface area contributed by atoms with E-state index >= 15 is 0 Å². The predicted octanol–water partition coefficient (Wildman–Crippen LogP) is 3.84. The molecule has 0 radical (unpaired) electrons. The van der Waals surface area contributed by atoms with Crippen molar-refractivity contribution in [3.05, 3.63) is 64.1 Å². The average Bonchev–Trinajstić information content (AvgIpc) is 2.97. The van der Waals surface area contributed by atoms with Crippen molar-refractivity contribution in [1.29, 1.82) is 0 Å². The molecule has 1 aliphatic rings. The van der Waals surface area contributed by atoms with Gasteiger partial charge in [-0.2, -0.15) is 0 Å². The number of hydrogen-bond donors (Lipinski definition) is 0. The maximum Gasteiger partial charge on any atom is 0.179 e. The fraction of sp³-hybridized carbons (Fsp3) is 0.333. The minimum atomic E-state index is -3.24. The van der Waals surface area contributed by atoms with E-state index in [2.05, 4.69) is 45.1 Å². The van der Waals surface area contributed by atoms with Crippen LogP contribution in [0.2, 0.25) is 0 Å². The molecule has 0 unspecified atom stereocenters. The fourth-order valence-electron chi connectivity index (χ4n) is 3.17. The Hall–Kier alpha value is -1.17. The molecule has 2 aromatic rings. The molecule has 0 bridgehead atoms. The zero-order valence-corrected chi connectivity index (χ0v) is 15.5. The quantitative estimate of drug-likeness (QED) is 0.773. The first kappa shape index (κ1) is 16.7. The van der Waals surface area contributed by atoms with Crippen molar-refractivity contribution in [1.82, 2.24) is 4.90 Å². The number of benzene rings is 2. The van der Waals surface area contributed by atoms with Crippen LogP contribution in [0.4, 0.5) is 0 Å². The summed E-state index contributed by atoms with van der Waals surface area (Å²) in [5.74, 6) is 0.143. The molecule has 3 rings (SSSR count). The lowest BCUT2D eigenvalue weighted by Gasteiger charge is -2.25. The van der Waals surface area contributed by atoms with Gasteiger partial charge >= 0.3 is 0 Å². The van der Waals surface area contributed by atoms with E-state index in [1.165, 1.54) is 11.1 Å². The molecule has 0 saturated heterocycles. The highest BCUT2D eigenvalue weighted by atomic mass is 79.9. The van der Waals surface area contributed by atoms with Crippen molar-refractivity contribution in [3.63, 3.8) is 0 Å². The fourth-order valence-corrected chi connectivity index (χ4v) is 4.75. The monoisotopic (exact) mass is 393 g/mol. The molecule has 0 heterocycles. The lowest BCUT2D eigenvalue weighted by atomic mass is 10.1. The molecule has 0 fully saturated rings. The van der Waals surface area contributed by atoms with Crippen LogP contribution < -0.4 is 0 Å². The molecule has 0 N–H and O–H groups in total. The van der Waals surface area contributed by atoms with Crippen LogP contribution in [0.1, 0.15) is 23.6 Å². The number of hydrogen-bond acceptors (Lipinski definition) is 3. The summed E-state index contributed by atoms with van der Waals surface area (Å²) in [7, 11) is -1.22. The van der Waals surface area contributed by atoms with E-state index in [1.807, 2.05) is 7.05 Å². The Kier molecular flexibility index (Phi) is 4.90. The predicted molar refractivity (Wildman–Crippen MR) is 96.3 cm³/mol. The summed E-state index contributed by atoms with van der Waals surface area (Å²) in [5.41, 5.74) is 2.73. The summed E-state index contributed by atoms with van der Waals surface area (Å²) in [6, 6.07) is 15.6. The Morgan fingerprint density at radius 2 is 1.83 bits per heavy atom. The first-order valence-corrected chi connectivity index (χ1v) is 10.2. The zero-order chi connectivity index (χ0) is 16.4. The number of halogens is 1. The van der Waals surface area contributed by atoms with Gasteiger partial charge in [0.2, 0.25) is 0 Å². The topological polar surface area (TPSA) is 37.4 Å². The minimum absolute atomic E-state index is 0.143. The molecule has 3 nitrogen and oxygen atoms in total. The molecular weight excluding hydrogens is 374 g/mol. The summed E-state index contributed by atoms with van der Waals surface area (Å²) in [6.45, 7) is 0.539. The largest absolute Gasteiger partial charge is 0.298 e. The maximum absolute atomic E-state index is 12.5. The number of sulfone groups is 1. The van der Waals surface area contributed by atoms with Gasteiger partial charge in [-0.15, -0.1) is 0 Å². The first-order valence-electron chi connectivity index (χ1n) is 7.74. The van der Waals surface area contributed by atoms with Crippen LogP contribution in [-0.4, -0.2) is 32.7 Å². The molecule has 0 saturated carbocycles. The Morgan fingerprint density at radius 3 is 2.57 bits per heavy atom. The van der Waals surface area contributed by atoms with Crippen molar-refractivity contribution < 1.29 is 8.42 Å². The van der Waals surface area contributed by atoms with Crippen LogP contribution in [0.15, 0.2) is 57.9 Å². The maximum atomic E-state index is 12.5. The third-order valence-electron chi connectivity index (χ3n) is 4.52. The van der Waals surface area contributed by atoms with E-state index < -0.39 is 9.84 Å². The van der Waals surface area contributed by atoms with Gasteiger partial charge < -0.3 is 0 Å². The van der Waals surface area contributed by atoms with Crippen LogP contribution in [0, 0.1) is 0 Å². The summed E-state index contributed by atoms with van der Waals surface area (Å²) in [5, 5.41) is 0. The third kappa shape index (κ3) is 3.67. The molecule has 122 valence electrons. The highest BCUT2D eigenvalue weighted by Crippen LogP contribution is 2.34. The van der Waals surface area contributed by atoms with Crippen molar-refractivity contribution in [3.8, 4) is 0 Å². The van der Waals surface area contributed by atoms with Gasteiger partial charge in [-0.05, 0) is 55.3 Å². The third-order valence-corrected chi connectivity index (χ3v) is 6.76. The molecule has 1 aliphatic carbocycles. The number of nitrogens with zero attached hydrogens (tertiary/aromatic N) is 1. The smallest absolute Gasteiger partial charge is 0.179 e. The van der Waals surface area contributed by atoms with Gasteiger partial charge in [0.1, 0.15) is 0 Å². The van der Waals surface area contributed by atoms with Gasteiger partial charge in [-0.1, -0.05) is 40.2 Å². The van der Waals surface area contributed by atoms with Gasteiger partial charge in [0.05, 0.1) is 10.6 Å². The number of rotatable bonds is 5. The highest BCUT2D eigenvalue weighted by Gasteiger charge is 2.26. The van der Waals surface area contributed by atoms with Crippen LogP contribution in [-0.2, 0) is 16.3 Å². The zero-order valence-electron chi connectivity index (χ0n) is 13.1. The lowest BCUT2D eigenvalue weighted by Crippen LogP contribution is -2.28. The Balaban J connectivity index is 1.67. The van der Waals surface area contributed by atoms with Crippen LogP contribution in [0.25, 0.3) is 0 Å². The Labute approximate surface area is 146 Å². The molecule has 5 heteroatoms. The summed E-state index contributed by atoms with van der Waals surface area (Å²) in [6.07, 6.45) is 2.14. The molecule has 0 aromatic heterocycles. The van der Waals surface area contributed by atoms with Gasteiger partial charge in [0, 0.05) is 17.1 Å². The van der Waals surface area contributed by atoms with Gasteiger partial charge in [0.25, 0.3) is 0 Å². The average molecular weight is 394 g/mol. The minimum Gasteiger partial charge on any atom is -0.298 e. The second kappa shape index (κ2) is 6.75. The van der Waals surface area contributed by atoms with E-state index in [0.717, 1.165) is 17.3 Å². The molecule has 2 aromatic carbocycles. The second-order valence-corrected chi connectivity index (χ2v) is 9.03. The molecule has 1 atom stereocenters. The van der Waals surface area contributed by atoms with E-state index in [4.69, 9.17) is 0 Å². The molecule has 0 spiro atoms. The van der Waals surface area contributed by atoms with Crippen molar-refractivity contribution in [2.45, 2.75) is 23.8 Å². The van der Waals surface area contributed by atoms with Crippen LogP contribution in [0.5, 0.6) is 0 Å². The Bertz CT molecular complexity index is 787. The molecule has 0 amide bonds. The Morgan fingerprint density at radius 1 is 1.13 bits per heavy atom. The number of fused-ring (bicyclic) bond motifs is 1. The van der Waals surface area contributed by atoms with E-state index in [1.54, 1.807) is 24.3 Å². The van der Waals surface area contributed by atoms with Gasteiger partial charge in [0.15, 0.2) is 9.84 Å². The first-order chi connectivity index (χ1) is 11.0. The highest BCUT2D eigenvalue weighted by molar-refractivity contribution is 9.10. The standard InChI is InChI=1S/C18H20BrNO2S/c1-20(18-11-6-14-4-2-3-5-17(14)18)12-13-23(21,22)16-9-7-15(19)8-10-16/h2-5,7-10,18H,6,11-13H2,1H3/t18-/m1/s1. The normalized spacial score (nSPS) is 17.4. The van der Waals surface area contributed by atoms with Gasteiger partial charge in [-0.3, -0.25) is 4.90 Å². The van der Waals surface area contributed by atoms with Crippen molar-refractivity contribution >= 4 is 25.8 Å².